The number of rotatable bonds is 14. The van der Waals surface area contributed by atoms with Gasteiger partial charge in [0.25, 0.3) is 0 Å². The Morgan fingerprint density at radius 2 is 1.65 bits per heavy atom. The predicted octanol–water partition coefficient (Wildman–Crippen LogP) is 3.87. The summed E-state index contributed by atoms with van der Waals surface area (Å²) >= 11 is 1.33. The summed E-state index contributed by atoms with van der Waals surface area (Å²) in [6.45, 7) is 19.3. The smallest absolute Gasteiger partial charge is 0.311 e. The van der Waals surface area contributed by atoms with Gasteiger partial charge in [0.05, 0.1) is 47.2 Å². The summed E-state index contributed by atoms with van der Waals surface area (Å²) in [6.07, 6.45) is -5.62. The van der Waals surface area contributed by atoms with Gasteiger partial charge in [0.2, 0.25) is 0 Å². The number of ether oxygens (including phenoxy) is 6. The Labute approximate surface area is 424 Å². The number of aromatic nitrogens is 5. The first-order valence-electron chi connectivity index (χ1n) is 25.4. The normalized spacial score (nSPS) is 39.5. The fraction of sp³-hybridized carbons (Fsp3) is 0.784. The summed E-state index contributed by atoms with van der Waals surface area (Å²) in [5.41, 5.74) is -0.636. The number of carbonyl (C=O) groups is 1. The lowest BCUT2D eigenvalue weighted by atomic mass is 9.77. The van der Waals surface area contributed by atoms with E-state index in [2.05, 4.69) is 36.9 Å². The second-order valence-corrected chi connectivity index (χ2v) is 22.3. The van der Waals surface area contributed by atoms with Gasteiger partial charge < -0.3 is 63.8 Å². The van der Waals surface area contributed by atoms with Crippen LogP contribution in [0.5, 0.6) is 0 Å². The van der Waals surface area contributed by atoms with Crippen LogP contribution in [-0.4, -0.2) is 190 Å². The molecule has 20 heteroatoms. The molecule has 3 aliphatic rings. The second kappa shape index (κ2) is 24.1. The SMILES string of the molecule is CC[C@H]1OC(=O)[C@H](C)[C@@H](O[C@H]2C[C@@](C)(OC)[C@@H](O)[C@H](C)O2)[C@H](C)[C@@H](O[C@@H]2O[C@H](C)C[C@H](N(C)CCc3cn(CCc4ccc(-c5csnn5)cc4)nn3)[C@H]2O)[C@](C)(O)C[C@@H](C)CN(C)[C@H](C)[C@@H](O)[C@]1(C)O. The maximum Gasteiger partial charge on any atom is 0.311 e. The summed E-state index contributed by atoms with van der Waals surface area (Å²) in [5.74, 6) is -2.75. The van der Waals surface area contributed by atoms with Crippen LogP contribution >= 0.6 is 11.5 Å². The highest BCUT2D eigenvalue weighted by Crippen LogP contribution is 2.40. The third-order valence-corrected chi connectivity index (χ3v) is 16.2. The zero-order valence-corrected chi connectivity index (χ0v) is 44.9. The Kier molecular flexibility index (Phi) is 19.4. The molecule has 1 aromatic carbocycles. The number of cyclic esters (lactones) is 1. The van der Waals surface area contributed by atoms with E-state index >= 15 is 0 Å². The van der Waals surface area contributed by atoms with Crippen LogP contribution in [-0.2, 0) is 52.6 Å². The van der Waals surface area contributed by atoms with Crippen molar-refractivity contribution in [3.63, 3.8) is 0 Å². The highest BCUT2D eigenvalue weighted by atomic mass is 32.1. The van der Waals surface area contributed by atoms with Gasteiger partial charge in [0.1, 0.15) is 35.7 Å². The maximum absolute atomic E-state index is 14.5. The molecule has 400 valence electrons. The van der Waals surface area contributed by atoms with Crippen molar-refractivity contribution in [3.8, 4) is 11.3 Å². The molecule has 6 rings (SSSR count). The minimum Gasteiger partial charge on any atom is -0.459 e. The van der Waals surface area contributed by atoms with Crippen LogP contribution in [0.2, 0.25) is 0 Å². The number of aliphatic hydroxyl groups is 5. The van der Waals surface area contributed by atoms with Crippen molar-refractivity contribution >= 4 is 17.5 Å². The molecular formula is C51H83N7O12S. The molecule has 5 N–H and O–H groups in total. The predicted molar refractivity (Wildman–Crippen MR) is 266 cm³/mol. The highest BCUT2D eigenvalue weighted by molar-refractivity contribution is 7.03. The van der Waals surface area contributed by atoms with E-state index < -0.39 is 102 Å². The molecular weight excluding hydrogens is 935 g/mol. The van der Waals surface area contributed by atoms with Gasteiger partial charge in [-0.1, -0.05) is 54.7 Å². The molecule has 0 bridgehead atoms. The molecule has 3 saturated heterocycles. The van der Waals surface area contributed by atoms with Crippen LogP contribution in [0.1, 0.15) is 106 Å². The maximum atomic E-state index is 14.5. The largest absolute Gasteiger partial charge is 0.459 e. The lowest BCUT2D eigenvalue weighted by molar-refractivity contribution is -0.318. The third-order valence-electron chi connectivity index (χ3n) is 15.7. The van der Waals surface area contributed by atoms with Crippen molar-refractivity contribution in [2.45, 2.75) is 205 Å². The number of methoxy groups -OCH3 is 1. The van der Waals surface area contributed by atoms with Gasteiger partial charge in [-0.15, -0.1) is 10.2 Å². The number of nitrogens with zero attached hydrogens (tertiary/aromatic N) is 7. The van der Waals surface area contributed by atoms with Crippen molar-refractivity contribution < 1.29 is 58.7 Å². The van der Waals surface area contributed by atoms with Gasteiger partial charge in [-0.3, -0.25) is 9.48 Å². The van der Waals surface area contributed by atoms with Gasteiger partial charge in [-0.05, 0) is 111 Å². The lowest BCUT2D eigenvalue weighted by Gasteiger charge is -2.49. The van der Waals surface area contributed by atoms with Crippen molar-refractivity contribution in [1.82, 2.24) is 34.4 Å². The van der Waals surface area contributed by atoms with Gasteiger partial charge in [0.15, 0.2) is 12.6 Å². The Morgan fingerprint density at radius 1 is 0.944 bits per heavy atom. The van der Waals surface area contributed by atoms with Crippen molar-refractivity contribution in [2.24, 2.45) is 17.8 Å². The summed E-state index contributed by atoms with van der Waals surface area (Å²) in [5, 5.41) is 74.6. The molecule has 5 heterocycles. The Balaban J connectivity index is 1.23. The topological polar surface area (TPSA) is 237 Å². The number of likely N-dealkylation sites (N-methyl/N-ethyl adjacent to an activating group) is 2. The van der Waals surface area contributed by atoms with E-state index in [-0.39, 0.29) is 31.3 Å². The first-order valence-corrected chi connectivity index (χ1v) is 26.2. The summed E-state index contributed by atoms with van der Waals surface area (Å²) < 4.78 is 44.1. The highest BCUT2D eigenvalue weighted by Gasteiger charge is 2.53. The van der Waals surface area contributed by atoms with Crippen LogP contribution in [0.15, 0.2) is 35.8 Å². The van der Waals surface area contributed by atoms with E-state index in [1.807, 2.05) is 68.2 Å². The zero-order chi connectivity index (χ0) is 52.2. The molecule has 3 aliphatic heterocycles. The molecule has 3 aromatic rings. The third kappa shape index (κ3) is 13.6. The van der Waals surface area contributed by atoms with Crippen LogP contribution in [0.25, 0.3) is 11.3 Å². The van der Waals surface area contributed by atoms with Crippen LogP contribution in [0, 0.1) is 17.8 Å². The molecule has 0 spiro atoms. The molecule has 3 fully saturated rings. The quantitative estimate of drug-likeness (QED) is 0.144. The van der Waals surface area contributed by atoms with Crippen LogP contribution < -0.4 is 0 Å². The second-order valence-electron chi connectivity index (χ2n) is 21.6. The van der Waals surface area contributed by atoms with Crippen molar-refractivity contribution in [2.75, 3.05) is 34.3 Å². The van der Waals surface area contributed by atoms with Crippen LogP contribution in [0.3, 0.4) is 0 Å². The van der Waals surface area contributed by atoms with E-state index in [0.29, 0.717) is 32.5 Å². The number of aliphatic hydroxyl groups excluding tert-OH is 3. The summed E-state index contributed by atoms with van der Waals surface area (Å²) in [6, 6.07) is 7.31. The zero-order valence-electron chi connectivity index (χ0n) is 44.1. The average Bonchev–Trinajstić information content (AvgIpc) is 4.04. The van der Waals surface area contributed by atoms with E-state index in [4.69, 9.17) is 28.4 Å². The molecule has 0 radical (unpaired) electrons. The molecule has 71 heavy (non-hydrogen) atoms. The monoisotopic (exact) mass is 1020 g/mol. The Bertz CT molecular complexity index is 2120. The number of hydrogen-bond acceptors (Lipinski definition) is 19. The molecule has 18 atom stereocenters. The van der Waals surface area contributed by atoms with Crippen molar-refractivity contribution in [1.29, 1.82) is 0 Å². The number of hydrogen-bond donors (Lipinski definition) is 5. The molecule has 2 aromatic heterocycles. The number of aryl methyl sites for hydroxylation is 2. The van der Waals surface area contributed by atoms with E-state index in [1.165, 1.54) is 31.1 Å². The Morgan fingerprint density at radius 3 is 2.30 bits per heavy atom. The van der Waals surface area contributed by atoms with E-state index in [1.54, 1.807) is 41.5 Å². The van der Waals surface area contributed by atoms with Crippen LogP contribution in [0.4, 0.5) is 0 Å². The standard InChI is InChI=1S/C51H83N7O12S/c1-14-40-51(10,64)44(60)33(6)57(12)26-29(2)24-49(8,63)46(31(4)43(32(5)47(62)68-40)69-41-25-50(9,65-13)45(61)34(7)67-41)70-48-42(59)39(23-30(3)66-48)56(11)21-20-37-27-58(54-52-37)22-19-35-15-17-36(18-16-35)38-28-71-55-53-38/h15-18,27-34,39-46,48,59-61,63-64H,14,19-26H2,1-13H3/t29-,30-,31+,32-,33-,34+,39+,40-,41+,42-,43+,44-,45+,46-,48+,49-,50-,51-/m1/s1. The van der Waals surface area contributed by atoms with E-state index in [0.717, 1.165) is 23.4 Å². The number of benzene rings is 1. The Hall–Kier alpha value is -3.09. The number of esters is 1. The molecule has 0 saturated carbocycles. The van der Waals surface area contributed by atoms with Gasteiger partial charge in [-0.25, -0.2) is 0 Å². The molecule has 0 aliphatic carbocycles. The molecule has 0 amide bonds. The van der Waals surface area contributed by atoms with Crippen molar-refractivity contribution in [3.05, 3.63) is 47.1 Å². The van der Waals surface area contributed by atoms with E-state index in [9.17, 15) is 30.3 Å². The first-order chi connectivity index (χ1) is 33.4. The minimum absolute atomic E-state index is 0.107. The number of carbonyl (C=O) groups excluding carboxylic acids is 1. The average molecular weight is 1020 g/mol. The lowest BCUT2D eigenvalue weighted by Crippen LogP contribution is -2.61. The van der Waals surface area contributed by atoms with Gasteiger partial charge in [0, 0.05) is 74.7 Å². The fourth-order valence-corrected chi connectivity index (χ4v) is 11.5. The summed E-state index contributed by atoms with van der Waals surface area (Å²) in [4.78, 5) is 18.5. The first kappa shape index (κ1) is 57.2. The van der Waals surface area contributed by atoms with Gasteiger partial charge >= 0.3 is 5.97 Å². The fourth-order valence-electron chi connectivity index (χ4n) is 11.1. The summed E-state index contributed by atoms with van der Waals surface area (Å²) in [7, 11) is 5.30. The molecule has 19 nitrogen and oxygen atoms in total. The van der Waals surface area contributed by atoms with Gasteiger partial charge in [-0.2, -0.15) is 0 Å². The minimum atomic E-state index is -1.83. The molecule has 0 unspecified atom stereocenters.